The number of aromatic nitrogens is 2. The zero-order valence-corrected chi connectivity index (χ0v) is 26.4. The number of nitriles is 1. The first-order valence-corrected chi connectivity index (χ1v) is 15.9. The number of imidazole rings is 1. The first kappa shape index (κ1) is 27.9. The van der Waals surface area contributed by atoms with Crippen LogP contribution in [0.15, 0.2) is 120 Å². The molecule has 0 unspecified atom stereocenters. The molecule has 4 nitrogen and oxygen atoms in total. The van der Waals surface area contributed by atoms with Gasteiger partial charge in [0.15, 0.2) is 0 Å². The molecule has 0 saturated carbocycles. The predicted molar refractivity (Wildman–Crippen MR) is 190 cm³/mol. The van der Waals surface area contributed by atoms with Crippen LogP contribution in [-0.4, -0.2) is 9.55 Å². The Kier molecular flexibility index (Phi) is 6.51. The SMILES string of the molecule is CC(C)c1cc(-c2ccccc2)cc(C(C)C)c1-n1c(-c2cccc3c2oc2c4ccc(C#N)cc4ccc32)nc2ccccc21. The third kappa shape index (κ3) is 4.31. The molecule has 46 heavy (non-hydrogen) atoms. The van der Waals surface area contributed by atoms with Crippen LogP contribution in [0.25, 0.3) is 71.9 Å². The molecule has 0 spiro atoms. The molecule has 4 heteroatoms. The number of hydrogen-bond donors (Lipinski definition) is 0. The van der Waals surface area contributed by atoms with Crippen LogP contribution >= 0.6 is 0 Å². The van der Waals surface area contributed by atoms with Gasteiger partial charge in [0.25, 0.3) is 0 Å². The van der Waals surface area contributed by atoms with Gasteiger partial charge in [-0.15, -0.1) is 0 Å². The first-order chi connectivity index (χ1) is 22.4. The fraction of sp³-hybridized carbons (Fsp3) is 0.143. The van der Waals surface area contributed by atoms with Crippen molar-refractivity contribution in [2.75, 3.05) is 0 Å². The Hall–Kier alpha value is -5.66. The van der Waals surface area contributed by atoms with E-state index in [1.165, 1.54) is 27.9 Å². The van der Waals surface area contributed by atoms with Crippen molar-refractivity contribution in [2.45, 2.75) is 39.5 Å². The number of furan rings is 1. The Labute approximate surface area is 268 Å². The molecule has 8 rings (SSSR count). The van der Waals surface area contributed by atoms with Crippen LogP contribution in [-0.2, 0) is 0 Å². The zero-order chi connectivity index (χ0) is 31.5. The van der Waals surface area contributed by atoms with Crippen LogP contribution in [0.4, 0.5) is 0 Å². The molecule has 2 aromatic heterocycles. The summed E-state index contributed by atoms with van der Waals surface area (Å²) < 4.78 is 9.18. The smallest absolute Gasteiger partial charge is 0.149 e. The molecule has 2 heterocycles. The first-order valence-electron chi connectivity index (χ1n) is 15.9. The summed E-state index contributed by atoms with van der Waals surface area (Å²) in [7, 11) is 0. The van der Waals surface area contributed by atoms with Crippen molar-refractivity contribution < 1.29 is 4.42 Å². The zero-order valence-electron chi connectivity index (χ0n) is 26.4. The van der Waals surface area contributed by atoms with E-state index < -0.39 is 0 Å². The standard InChI is InChI=1S/C42H33N3O/c1-25(2)35-22-30(28-11-6-5-7-12-28)23-36(26(3)4)39(35)45-38-16-9-8-15-37(38)44-42(45)34-14-10-13-32-33-20-18-29-21-27(24-43)17-19-31(29)40(33)46-41(32)34/h5-23,25-26H,1-4H3. The summed E-state index contributed by atoms with van der Waals surface area (Å²) in [6.45, 7) is 9.11. The molecular weight excluding hydrogens is 562 g/mol. The van der Waals surface area contributed by atoms with Gasteiger partial charge in [0.05, 0.1) is 33.9 Å². The van der Waals surface area contributed by atoms with E-state index in [2.05, 4.69) is 135 Å². The van der Waals surface area contributed by atoms with Gasteiger partial charge < -0.3 is 4.42 Å². The number of para-hydroxylation sites is 3. The molecule has 0 atom stereocenters. The van der Waals surface area contributed by atoms with Gasteiger partial charge in [-0.2, -0.15) is 5.26 Å². The lowest BCUT2D eigenvalue weighted by atomic mass is 9.88. The van der Waals surface area contributed by atoms with Crippen LogP contribution in [0.2, 0.25) is 0 Å². The van der Waals surface area contributed by atoms with Gasteiger partial charge in [-0.1, -0.05) is 88.4 Å². The topological polar surface area (TPSA) is 54.8 Å². The molecule has 0 aliphatic heterocycles. The normalized spacial score (nSPS) is 11.8. The minimum Gasteiger partial charge on any atom is -0.455 e. The lowest BCUT2D eigenvalue weighted by Crippen LogP contribution is -2.09. The minimum atomic E-state index is 0.275. The Balaban J connectivity index is 1.46. The maximum absolute atomic E-state index is 9.46. The lowest BCUT2D eigenvalue weighted by Gasteiger charge is -2.24. The summed E-state index contributed by atoms with van der Waals surface area (Å²) in [5.41, 5.74) is 11.4. The van der Waals surface area contributed by atoms with E-state index in [9.17, 15) is 5.26 Å². The average molecular weight is 596 g/mol. The van der Waals surface area contributed by atoms with Crippen molar-refractivity contribution in [1.82, 2.24) is 9.55 Å². The Morgan fingerprint density at radius 3 is 2.09 bits per heavy atom. The Morgan fingerprint density at radius 1 is 0.652 bits per heavy atom. The molecule has 0 aliphatic rings. The Bertz CT molecular complexity index is 2460. The van der Waals surface area contributed by atoms with Gasteiger partial charge in [0.1, 0.15) is 17.0 Å². The van der Waals surface area contributed by atoms with Crippen LogP contribution in [0.1, 0.15) is 56.2 Å². The number of nitrogens with zero attached hydrogens (tertiary/aromatic N) is 3. The van der Waals surface area contributed by atoms with Crippen LogP contribution in [0, 0.1) is 11.3 Å². The third-order valence-electron chi connectivity index (χ3n) is 9.15. The maximum Gasteiger partial charge on any atom is 0.149 e. The van der Waals surface area contributed by atoms with Gasteiger partial charge >= 0.3 is 0 Å². The van der Waals surface area contributed by atoms with Gasteiger partial charge in [0, 0.05) is 16.2 Å². The summed E-state index contributed by atoms with van der Waals surface area (Å²) in [5.74, 6) is 1.41. The molecular formula is C42H33N3O. The molecule has 0 amide bonds. The van der Waals surface area contributed by atoms with Crippen LogP contribution in [0.5, 0.6) is 0 Å². The van der Waals surface area contributed by atoms with Crippen molar-refractivity contribution in [3.8, 4) is 34.3 Å². The monoisotopic (exact) mass is 595 g/mol. The summed E-state index contributed by atoms with van der Waals surface area (Å²) in [5, 5.41) is 13.5. The third-order valence-corrected chi connectivity index (χ3v) is 9.15. The van der Waals surface area contributed by atoms with E-state index in [4.69, 9.17) is 9.40 Å². The van der Waals surface area contributed by atoms with Crippen molar-refractivity contribution in [2.24, 2.45) is 0 Å². The quantitative estimate of drug-likeness (QED) is 0.199. The number of benzene rings is 6. The molecule has 0 saturated heterocycles. The number of fused-ring (bicyclic) bond motifs is 6. The molecule has 0 radical (unpaired) electrons. The van der Waals surface area contributed by atoms with E-state index in [0.29, 0.717) is 5.56 Å². The second-order valence-electron chi connectivity index (χ2n) is 12.7. The summed E-state index contributed by atoms with van der Waals surface area (Å²) >= 11 is 0. The second-order valence-corrected chi connectivity index (χ2v) is 12.7. The highest BCUT2D eigenvalue weighted by atomic mass is 16.3. The van der Waals surface area contributed by atoms with Crippen molar-refractivity contribution in [3.05, 3.63) is 132 Å². The second kappa shape index (κ2) is 10.8. The number of rotatable bonds is 5. The highest BCUT2D eigenvalue weighted by Gasteiger charge is 2.25. The molecule has 6 aromatic carbocycles. The molecule has 0 fully saturated rings. The largest absolute Gasteiger partial charge is 0.455 e. The van der Waals surface area contributed by atoms with Crippen LogP contribution in [0.3, 0.4) is 0 Å². The van der Waals surface area contributed by atoms with E-state index in [-0.39, 0.29) is 11.8 Å². The fourth-order valence-electron chi connectivity index (χ4n) is 6.88. The van der Waals surface area contributed by atoms with E-state index in [1.807, 2.05) is 18.2 Å². The van der Waals surface area contributed by atoms with Gasteiger partial charge in [-0.3, -0.25) is 4.57 Å². The predicted octanol–water partition coefficient (Wildman–Crippen LogP) is 11.5. The maximum atomic E-state index is 9.46. The number of hydrogen-bond acceptors (Lipinski definition) is 3. The summed E-state index contributed by atoms with van der Waals surface area (Å²) in [4.78, 5) is 5.31. The summed E-state index contributed by atoms with van der Waals surface area (Å²) in [6, 6.07) is 42.4. The molecule has 0 bridgehead atoms. The fourth-order valence-corrected chi connectivity index (χ4v) is 6.88. The Morgan fingerprint density at radius 2 is 1.35 bits per heavy atom. The summed E-state index contributed by atoms with van der Waals surface area (Å²) in [6.07, 6.45) is 0. The van der Waals surface area contributed by atoms with Gasteiger partial charge in [-0.25, -0.2) is 4.98 Å². The van der Waals surface area contributed by atoms with Crippen molar-refractivity contribution in [3.63, 3.8) is 0 Å². The van der Waals surface area contributed by atoms with E-state index in [1.54, 1.807) is 0 Å². The molecule has 222 valence electrons. The highest BCUT2D eigenvalue weighted by molar-refractivity contribution is 6.17. The lowest BCUT2D eigenvalue weighted by molar-refractivity contribution is 0.673. The van der Waals surface area contributed by atoms with E-state index in [0.717, 1.165) is 55.1 Å². The average Bonchev–Trinajstić information content (AvgIpc) is 3.66. The minimum absolute atomic E-state index is 0.275. The molecule has 0 N–H and O–H groups in total. The highest BCUT2D eigenvalue weighted by Crippen LogP contribution is 2.43. The van der Waals surface area contributed by atoms with Crippen molar-refractivity contribution in [1.29, 1.82) is 5.26 Å². The van der Waals surface area contributed by atoms with Crippen molar-refractivity contribution >= 4 is 43.7 Å². The molecule has 0 aliphatic carbocycles. The molecule has 8 aromatic rings. The van der Waals surface area contributed by atoms with Gasteiger partial charge in [0.2, 0.25) is 0 Å². The van der Waals surface area contributed by atoms with E-state index >= 15 is 0 Å². The van der Waals surface area contributed by atoms with Gasteiger partial charge in [-0.05, 0) is 94.1 Å². The van der Waals surface area contributed by atoms with Crippen LogP contribution < -0.4 is 0 Å².